The van der Waals surface area contributed by atoms with Crippen LogP contribution in [0, 0.1) is 0 Å². The van der Waals surface area contributed by atoms with E-state index in [0.717, 1.165) is 12.1 Å². The lowest BCUT2D eigenvalue weighted by atomic mass is 10.3. The molecule has 0 radical (unpaired) electrons. The van der Waals surface area contributed by atoms with Crippen LogP contribution in [-0.2, 0) is 15.0 Å². The first-order valence-electron chi connectivity index (χ1n) is 6.18. The van der Waals surface area contributed by atoms with Crippen molar-refractivity contribution in [2.75, 3.05) is 11.9 Å². The average molecular weight is 378 g/mol. The summed E-state index contributed by atoms with van der Waals surface area (Å²) < 4.78 is 39.3. The Bertz CT molecular complexity index is 825. The average Bonchev–Trinajstić information content (AvgIpc) is 2.48. The van der Waals surface area contributed by atoms with E-state index in [9.17, 15) is 17.1 Å². The summed E-state index contributed by atoms with van der Waals surface area (Å²) in [6.45, 7) is -0.291. The monoisotopic (exact) mass is 377 g/mol. The van der Waals surface area contributed by atoms with E-state index in [1.165, 1.54) is 24.3 Å². The van der Waals surface area contributed by atoms with Gasteiger partial charge in [-0.2, -0.15) is 8.42 Å². The van der Waals surface area contributed by atoms with Gasteiger partial charge >= 0.3 is 10.2 Å². The Hall–Kier alpha value is -1.83. The van der Waals surface area contributed by atoms with Crippen LogP contribution < -0.4 is 10.1 Å². The Labute approximate surface area is 142 Å². The topological polar surface area (TPSA) is 72.5 Å². The fourth-order valence-electron chi connectivity index (χ4n) is 1.61. The largest absolute Gasteiger partial charge is 0.484 e. The summed E-state index contributed by atoms with van der Waals surface area (Å²) in [5.74, 6) is -0.111. The van der Waals surface area contributed by atoms with Crippen LogP contribution in [0.3, 0.4) is 0 Å². The van der Waals surface area contributed by atoms with Gasteiger partial charge in [-0.25, -0.2) is 0 Å². The van der Waals surface area contributed by atoms with Crippen molar-refractivity contribution in [2.24, 2.45) is 0 Å². The molecule has 2 aromatic carbocycles. The van der Waals surface area contributed by atoms with Crippen molar-refractivity contribution in [2.45, 2.75) is 4.90 Å². The number of carbonyl (C=O) groups is 1. The molecule has 0 aliphatic carbocycles. The van der Waals surface area contributed by atoms with E-state index in [1.54, 1.807) is 6.07 Å². The maximum absolute atomic E-state index is 12.7. The molecule has 0 saturated carbocycles. The van der Waals surface area contributed by atoms with E-state index in [1.807, 2.05) is 0 Å². The summed E-state index contributed by atoms with van der Waals surface area (Å²) in [6, 6.07) is 9.19. The SMILES string of the molecule is O=C(COc1ccc(Cl)c(Cl)c1)Nc1ccc(S(=O)(=O)F)cc1. The second-order valence-corrected chi connectivity index (χ2v) is 6.54. The van der Waals surface area contributed by atoms with Gasteiger partial charge in [0.25, 0.3) is 5.91 Å². The van der Waals surface area contributed by atoms with Crippen molar-refractivity contribution in [3.8, 4) is 5.75 Å². The third-order valence-electron chi connectivity index (χ3n) is 2.68. The predicted octanol–water partition coefficient (Wildman–Crippen LogP) is 3.67. The van der Waals surface area contributed by atoms with E-state index in [0.29, 0.717) is 21.5 Å². The molecule has 0 aromatic heterocycles. The van der Waals surface area contributed by atoms with Crippen LogP contribution in [0.2, 0.25) is 10.0 Å². The van der Waals surface area contributed by atoms with Crippen LogP contribution in [0.25, 0.3) is 0 Å². The number of anilines is 1. The summed E-state index contributed by atoms with van der Waals surface area (Å²) in [5.41, 5.74) is 0.306. The molecular formula is C14H10Cl2FNO4S. The number of nitrogens with one attached hydrogen (secondary N) is 1. The number of amides is 1. The van der Waals surface area contributed by atoms with Crippen molar-refractivity contribution in [3.63, 3.8) is 0 Å². The molecular weight excluding hydrogens is 368 g/mol. The maximum Gasteiger partial charge on any atom is 0.332 e. The highest BCUT2D eigenvalue weighted by atomic mass is 35.5. The van der Waals surface area contributed by atoms with Crippen molar-refractivity contribution in [3.05, 3.63) is 52.5 Å². The van der Waals surface area contributed by atoms with Gasteiger partial charge in [-0.3, -0.25) is 4.79 Å². The molecule has 0 unspecified atom stereocenters. The van der Waals surface area contributed by atoms with Gasteiger partial charge in [-0.05, 0) is 36.4 Å². The first-order valence-corrected chi connectivity index (χ1v) is 8.32. The van der Waals surface area contributed by atoms with Gasteiger partial charge in [0.2, 0.25) is 0 Å². The van der Waals surface area contributed by atoms with Crippen molar-refractivity contribution in [1.82, 2.24) is 0 Å². The standard InChI is InChI=1S/C14H10Cl2FNO4S/c15-12-6-3-10(7-13(12)16)22-8-14(19)18-9-1-4-11(5-2-9)23(17,20)21/h1-7H,8H2,(H,18,19). The molecule has 122 valence electrons. The Morgan fingerprint density at radius 2 is 1.74 bits per heavy atom. The fourth-order valence-corrected chi connectivity index (χ4v) is 2.36. The molecule has 0 bridgehead atoms. The van der Waals surface area contributed by atoms with Gasteiger partial charge in [0.05, 0.1) is 14.9 Å². The Morgan fingerprint density at radius 3 is 2.30 bits per heavy atom. The Morgan fingerprint density at radius 1 is 1.09 bits per heavy atom. The molecule has 0 saturated heterocycles. The van der Waals surface area contributed by atoms with Crippen LogP contribution in [-0.4, -0.2) is 20.9 Å². The van der Waals surface area contributed by atoms with Crippen LogP contribution >= 0.6 is 23.2 Å². The highest BCUT2D eigenvalue weighted by Crippen LogP contribution is 2.26. The van der Waals surface area contributed by atoms with E-state index in [-0.39, 0.29) is 6.61 Å². The first kappa shape index (κ1) is 17.5. The van der Waals surface area contributed by atoms with Gasteiger partial charge in [-0.1, -0.05) is 23.2 Å². The molecule has 1 amide bonds. The van der Waals surface area contributed by atoms with E-state index < -0.39 is 21.0 Å². The minimum absolute atomic E-state index is 0.291. The van der Waals surface area contributed by atoms with E-state index in [2.05, 4.69) is 5.32 Å². The summed E-state index contributed by atoms with van der Waals surface area (Å²) >= 11 is 11.6. The molecule has 0 aliphatic heterocycles. The van der Waals surface area contributed by atoms with Crippen molar-refractivity contribution >= 4 is 45.0 Å². The third-order valence-corrected chi connectivity index (χ3v) is 4.25. The van der Waals surface area contributed by atoms with Crippen molar-refractivity contribution in [1.29, 1.82) is 0 Å². The van der Waals surface area contributed by atoms with Gasteiger partial charge in [0, 0.05) is 11.8 Å². The zero-order valence-corrected chi connectivity index (χ0v) is 13.8. The molecule has 0 aliphatic rings. The minimum atomic E-state index is -4.76. The minimum Gasteiger partial charge on any atom is -0.484 e. The molecule has 2 aromatic rings. The molecule has 9 heteroatoms. The lowest BCUT2D eigenvalue weighted by Gasteiger charge is -2.08. The number of halogens is 3. The number of benzene rings is 2. The Kier molecular flexibility index (Phi) is 5.46. The fraction of sp³-hybridized carbons (Fsp3) is 0.0714. The summed E-state index contributed by atoms with van der Waals surface area (Å²) in [4.78, 5) is 11.2. The zero-order valence-electron chi connectivity index (χ0n) is 11.4. The highest BCUT2D eigenvalue weighted by molar-refractivity contribution is 7.86. The van der Waals surface area contributed by atoms with Crippen LogP contribution in [0.4, 0.5) is 9.57 Å². The molecule has 23 heavy (non-hydrogen) atoms. The van der Waals surface area contributed by atoms with Crippen LogP contribution in [0.5, 0.6) is 5.75 Å². The third kappa shape index (κ3) is 5.09. The van der Waals surface area contributed by atoms with E-state index in [4.69, 9.17) is 27.9 Å². The second kappa shape index (κ2) is 7.16. The molecule has 0 fully saturated rings. The summed E-state index contributed by atoms with van der Waals surface area (Å²) in [7, 11) is -4.76. The van der Waals surface area contributed by atoms with Gasteiger partial charge in [0.15, 0.2) is 6.61 Å². The lowest BCUT2D eigenvalue weighted by molar-refractivity contribution is -0.118. The lowest BCUT2D eigenvalue weighted by Crippen LogP contribution is -2.20. The van der Waals surface area contributed by atoms with Crippen LogP contribution in [0.1, 0.15) is 0 Å². The predicted molar refractivity (Wildman–Crippen MR) is 85.3 cm³/mol. The molecule has 1 N–H and O–H groups in total. The quantitative estimate of drug-likeness (QED) is 0.806. The normalized spacial score (nSPS) is 11.1. The molecule has 5 nitrogen and oxygen atoms in total. The van der Waals surface area contributed by atoms with Crippen molar-refractivity contribution < 1.29 is 21.8 Å². The summed E-state index contributed by atoms with van der Waals surface area (Å²) in [5, 5.41) is 3.14. The maximum atomic E-state index is 12.7. The first-order chi connectivity index (χ1) is 10.8. The second-order valence-electron chi connectivity index (χ2n) is 4.37. The Balaban J connectivity index is 1.93. The summed E-state index contributed by atoms with van der Waals surface area (Å²) in [6.07, 6.45) is 0. The molecule has 0 heterocycles. The highest BCUT2D eigenvalue weighted by Gasteiger charge is 2.11. The smallest absolute Gasteiger partial charge is 0.332 e. The molecule has 2 rings (SSSR count). The molecule has 0 spiro atoms. The number of hydrogen-bond acceptors (Lipinski definition) is 4. The number of rotatable bonds is 5. The van der Waals surface area contributed by atoms with Gasteiger partial charge in [-0.15, -0.1) is 3.89 Å². The van der Waals surface area contributed by atoms with Gasteiger partial charge in [0.1, 0.15) is 5.75 Å². The number of ether oxygens (including phenoxy) is 1. The molecule has 0 atom stereocenters. The van der Waals surface area contributed by atoms with Gasteiger partial charge < -0.3 is 10.1 Å². The number of hydrogen-bond donors (Lipinski definition) is 1. The zero-order chi connectivity index (χ0) is 17.0. The van der Waals surface area contributed by atoms with Crippen LogP contribution in [0.15, 0.2) is 47.4 Å². The number of carbonyl (C=O) groups excluding carboxylic acids is 1. The van der Waals surface area contributed by atoms with E-state index >= 15 is 0 Å².